The molecule has 0 radical (unpaired) electrons. The van der Waals surface area contributed by atoms with Crippen LogP contribution in [0.3, 0.4) is 0 Å². The van der Waals surface area contributed by atoms with E-state index in [4.69, 9.17) is 9.47 Å². The van der Waals surface area contributed by atoms with Crippen LogP contribution in [-0.4, -0.2) is 14.2 Å². The molecule has 2 aromatic rings. The molecule has 1 heterocycles. The zero-order valence-corrected chi connectivity index (χ0v) is 12.3. The van der Waals surface area contributed by atoms with Gasteiger partial charge in [-0.25, -0.2) is 0 Å². The minimum atomic E-state index is 0.673. The average molecular weight is 275 g/mol. The molecule has 0 aliphatic rings. The van der Waals surface area contributed by atoms with E-state index in [9.17, 15) is 5.26 Å². The molecule has 4 heteroatoms. The number of methoxy groups -OCH3 is 2. The first-order valence-electron chi connectivity index (χ1n) is 6.32. The molecule has 2 rings (SSSR count). The van der Waals surface area contributed by atoms with Crippen molar-refractivity contribution in [2.75, 3.05) is 14.2 Å². The summed E-state index contributed by atoms with van der Waals surface area (Å²) in [6.07, 6.45) is 3.20. The number of unbranched alkanes of at least 4 members (excludes halogenated alkanes) is 1. The number of nitrogens with zero attached hydrogens (tertiary/aromatic N) is 1. The van der Waals surface area contributed by atoms with Crippen molar-refractivity contribution in [1.29, 1.82) is 5.26 Å². The molecular weight excluding hydrogens is 258 g/mol. The number of fused-ring (bicyclic) bond motifs is 1. The molecule has 0 N–H and O–H groups in total. The summed E-state index contributed by atoms with van der Waals surface area (Å²) in [5, 5.41) is 10.3. The van der Waals surface area contributed by atoms with Gasteiger partial charge in [0.2, 0.25) is 0 Å². The predicted molar refractivity (Wildman–Crippen MR) is 78.3 cm³/mol. The molecule has 100 valence electrons. The van der Waals surface area contributed by atoms with E-state index in [-0.39, 0.29) is 0 Å². The van der Waals surface area contributed by atoms with Gasteiger partial charge < -0.3 is 9.47 Å². The van der Waals surface area contributed by atoms with Gasteiger partial charge in [-0.1, -0.05) is 13.3 Å². The average Bonchev–Trinajstić information content (AvgIpc) is 2.79. The number of benzene rings is 1. The lowest BCUT2D eigenvalue weighted by atomic mass is 10.1. The minimum absolute atomic E-state index is 0.673. The summed E-state index contributed by atoms with van der Waals surface area (Å²) < 4.78 is 11.7. The van der Waals surface area contributed by atoms with Crippen LogP contribution < -0.4 is 9.47 Å². The lowest BCUT2D eigenvalue weighted by molar-refractivity contribution is 0.356. The molecule has 0 atom stereocenters. The van der Waals surface area contributed by atoms with Crippen molar-refractivity contribution in [2.24, 2.45) is 0 Å². The highest BCUT2D eigenvalue weighted by Gasteiger charge is 2.15. The first-order valence-corrected chi connectivity index (χ1v) is 7.14. The largest absolute Gasteiger partial charge is 0.493 e. The second-order valence-corrected chi connectivity index (χ2v) is 5.46. The Morgan fingerprint density at radius 2 is 1.89 bits per heavy atom. The van der Waals surface area contributed by atoms with E-state index in [0.29, 0.717) is 11.5 Å². The van der Waals surface area contributed by atoms with Crippen LogP contribution in [0.1, 0.15) is 30.2 Å². The molecule has 1 aromatic heterocycles. The van der Waals surface area contributed by atoms with Crippen molar-refractivity contribution in [3.05, 3.63) is 22.6 Å². The number of hydrogen-bond acceptors (Lipinski definition) is 4. The Kier molecular flexibility index (Phi) is 4.28. The van der Waals surface area contributed by atoms with E-state index in [1.807, 2.05) is 12.1 Å². The zero-order valence-electron chi connectivity index (χ0n) is 11.4. The summed E-state index contributed by atoms with van der Waals surface area (Å²) >= 11 is 1.68. The van der Waals surface area contributed by atoms with E-state index >= 15 is 0 Å². The van der Waals surface area contributed by atoms with Gasteiger partial charge in [0.05, 0.1) is 19.8 Å². The van der Waals surface area contributed by atoms with Gasteiger partial charge in [0.1, 0.15) is 6.07 Å². The van der Waals surface area contributed by atoms with Crippen molar-refractivity contribution < 1.29 is 9.47 Å². The van der Waals surface area contributed by atoms with Crippen LogP contribution in [0.2, 0.25) is 0 Å². The fourth-order valence-electron chi connectivity index (χ4n) is 2.11. The summed E-state index contributed by atoms with van der Waals surface area (Å²) in [4.78, 5) is 1.16. The molecule has 0 saturated heterocycles. The van der Waals surface area contributed by atoms with Crippen molar-refractivity contribution in [3.63, 3.8) is 0 Å². The summed E-state index contributed by atoms with van der Waals surface area (Å²) in [7, 11) is 3.24. The Morgan fingerprint density at radius 1 is 1.21 bits per heavy atom. The Bertz CT molecular complexity index is 625. The number of thiophene rings is 1. The zero-order chi connectivity index (χ0) is 13.8. The van der Waals surface area contributed by atoms with Crippen LogP contribution in [0, 0.1) is 11.3 Å². The number of nitriles is 1. The third kappa shape index (κ3) is 2.52. The maximum atomic E-state index is 9.38. The summed E-state index contributed by atoms with van der Waals surface area (Å²) in [5.41, 5.74) is 0.786. The quantitative estimate of drug-likeness (QED) is 0.823. The van der Waals surface area contributed by atoms with Crippen molar-refractivity contribution >= 4 is 21.4 Å². The van der Waals surface area contributed by atoms with E-state index in [1.54, 1.807) is 25.6 Å². The number of hydrogen-bond donors (Lipinski definition) is 0. The Balaban J connectivity index is 2.59. The van der Waals surface area contributed by atoms with Gasteiger partial charge in [-0.3, -0.25) is 0 Å². The third-order valence-electron chi connectivity index (χ3n) is 3.14. The maximum absolute atomic E-state index is 9.38. The fourth-order valence-corrected chi connectivity index (χ4v) is 3.32. The second-order valence-electron chi connectivity index (χ2n) is 4.32. The Hall–Kier alpha value is -1.73. The normalized spacial score (nSPS) is 10.4. The van der Waals surface area contributed by atoms with E-state index < -0.39 is 0 Å². The molecule has 0 saturated carbocycles. The highest BCUT2D eigenvalue weighted by atomic mass is 32.1. The highest BCUT2D eigenvalue weighted by Crippen LogP contribution is 2.39. The Labute approximate surface area is 117 Å². The Morgan fingerprint density at radius 3 is 2.47 bits per heavy atom. The van der Waals surface area contributed by atoms with Gasteiger partial charge in [-0.2, -0.15) is 5.26 Å². The lowest BCUT2D eigenvalue weighted by Crippen LogP contribution is -1.90. The molecule has 0 amide bonds. The van der Waals surface area contributed by atoms with Crippen LogP contribution in [-0.2, 0) is 6.42 Å². The van der Waals surface area contributed by atoms with Crippen molar-refractivity contribution in [2.45, 2.75) is 26.2 Å². The molecule has 0 bridgehead atoms. The maximum Gasteiger partial charge on any atom is 0.162 e. The molecular formula is C15H17NO2S. The standard InChI is InChI=1S/C15H17NO2S/c1-4-5-6-14-11(9-16)10-7-12(17-2)13(18-3)8-15(10)19-14/h7-8H,4-6H2,1-3H3. The van der Waals surface area contributed by atoms with Crippen LogP contribution in [0.25, 0.3) is 10.1 Å². The van der Waals surface area contributed by atoms with Gasteiger partial charge in [-0.15, -0.1) is 11.3 Å². The molecule has 0 spiro atoms. The summed E-state index contributed by atoms with van der Waals surface area (Å²) in [6.45, 7) is 2.16. The predicted octanol–water partition coefficient (Wildman–Crippen LogP) is 4.13. The lowest BCUT2D eigenvalue weighted by Gasteiger charge is -2.06. The summed E-state index contributed by atoms with van der Waals surface area (Å²) in [6, 6.07) is 6.19. The first kappa shape index (κ1) is 13.7. The monoisotopic (exact) mass is 275 g/mol. The number of rotatable bonds is 5. The second kappa shape index (κ2) is 5.94. The molecule has 0 unspecified atom stereocenters. The topological polar surface area (TPSA) is 42.2 Å². The third-order valence-corrected chi connectivity index (χ3v) is 4.35. The molecule has 0 aliphatic carbocycles. The van der Waals surface area contributed by atoms with Crippen molar-refractivity contribution in [1.82, 2.24) is 0 Å². The number of aryl methyl sites for hydroxylation is 1. The van der Waals surface area contributed by atoms with Gasteiger partial charge >= 0.3 is 0 Å². The SMILES string of the molecule is CCCCc1sc2cc(OC)c(OC)cc2c1C#N. The van der Waals surface area contributed by atoms with Gasteiger partial charge in [0.25, 0.3) is 0 Å². The van der Waals surface area contributed by atoms with Crippen molar-refractivity contribution in [3.8, 4) is 17.6 Å². The van der Waals surface area contributed by atoms with Gasteiger partial charge in [0, 0.05) is 21.0 Å². The van der Waals surface area contributed by atoms with Crippen LogP contribution >= 0.6 is 11.3 Å². The first-order chi connectivity index (χ1) is 9.24. The van der Waals surface area contributed by atoms with E-state index in [1.165, 1.54) is 0 Å². The highest BCUT2D eigenvalue weighted by molar-refractivity contribution is 7.19. The van der Waals surface area contributed by atoms with E-state index in [0.717, 1.165) is 39.8 Å². The van der Waals surface area contributed by atoms with Crippen LogP contribution in [0.15, 0.2) is 12.1 Å². The molecule has 0 fully saturated rings. The fraction of sp³-hybridized carbons (Fsp3) is 0.400. The van der Waals surface area contributed by atoms with Gasteiger partial charge in [-0.05, 0) is 18.9 Å². The summed E-state index contributed by atoms with van der Waals surface area (Å²) in [5.74, 6) is 1.38. The van der Waals surface area contributed by atoms with Crippen LogP contribution in [0.4, 0.5) is 0 Å². The minimum Gasteiger partial charge on any atom is -0.493 e. The van der Waals surface area contributed by atoms with Crippen LogP contribution in [0.5, 0.6) is 11.5 Å². The molecule has 3 nitrogen and oxygen atoms in total. The molecule has 0 aliphatic heterocycles. The molecule has 1 aromatic carbocycles. The van der Waals surface area contributed by atoms with Gasteiger partial charge in [0.15, 0.2) is 11.5 Å². The van der Waals surface area contributed by atoms with E-state index in [2.05, 4.69) is 13.0 Å². The molecule has 19 heavy (non-hydrogen) atoms. The smallest absolute Gasteiger partial charge is 0.162 e. The number of ether oxygens (including phenoxy) is 2.